The molecule has 1 fully saturated rings. The van der Waals surface area contributed by atoms with Crippen molar-refractivity contribution in [3.63, 3.8) is 0 Å². The van der Waals surface area contributed by atoms with Crippen LogP contribution in [0.15, 0.2) is 30.6 Å². The molecule has 1 saturated carbocycles. The molecule has 0 amide bonds. The van der Waals surface area contributed by atoms with Crippen molar-refractivity contribution in [3.8, 4) is 5.75 Å². The number of ether oxygens (including phenoxy) is 1. The Morgan fingerprint density at radius 2 is 2.26 bits per heavy atom. The van der Waals surface area contributed by atoms with Crippen LogP contribution in [0.1, 0.15) is 18.4 Å². The van der Waals surface area contributed by atoms with Gasteiger partial charge in [0.25, 0.3) is 0 Å². The average Bonchev–Trinajstić information content (AvgIpc) is 3.02. The Labute approximate surface area is 124 Å². The zero-order valence-corrected chi connectivity index (χ0v) is 12.5. The Hall–Kier alpha value is -1.44. The second kappa shape index (κ2) is 4.59. The van der Waals surface area contributed by atoms with Gasteiger partial charge in [0.05, 0.1) is 9.77 Å². The third kappa shape index (κ3) is 2.24. The van der Waals surface area contributed by atoms with E-state index < -0.39 is 5.54 Å². The van der Waals surface area contributed by atoms with E-state index in [-0.39, 0.29) is 5.97 Å². The summed E-state index contributed by atoms with van der Waals surface area (Å²) < 4.78 is 8.06. The maximum absolute atomic E-state index is 12.3. The lowest BCUT2D eigenvalue weighted by molar-refractivity contribution is -0.140. The second-order valence-electron chi connectivity index (χ2n) is 4.70. The summed E-state index contributed by atoms with van der Waals surface area (Å²) in [4.78, 5) is 12.3. The van der Waals surface area contributed by atoms with Crippen LogP contribution in [0.25, 0.3) is 0 Å². The van der Waals surface area contributed by atoms with E-state index in [1.54, 1.807) is 17.1 Å². The maximum Gasteiger partial charge on any atom is 0.339 e. The van der Waals surface area contributed by atoms with Gasteiger partial charge in [0.2, 0.25) is 0 Å². The molecule has 19 heavy (non-hydrogen) atoms. The van der Waals surface area contributed by atoms with Crippen LogP contribution in [-0.2, 0) is 10.3 Å². The number of esters is 1. The number of carbonyl (C=O) groups excluding carboxylic acids is 1. The van der Waals surface area contributed by atoms with Crippen molar-refractivity contribution in [2.75, 3.05) is 0 Å². The molecule has 5 nitrogen and oxygen atoms in total. The summed E-state index contributed by atoms with van der Waals surface area (Å²) in [7, 11) is 0. The lowest BCUT2D eigenvalue weighted by Crippen LogP contribution is -2.32. The number of rotatable bonds is 3. The molecule has 1 heterocycles. The lowest BCUT2D eigenvalue weighted by atomic mass is 10.2. The molecule has 0 saturated heterocycles. The van der Waals surface area contributed by atoms with E-state index in [1.165, 1.54) is 0 Å². The van der Waals surface area contributed by atoms with E-state index in [9.17, 15) is 4.79 Å². The summed E-state index contributed by atoms with van der Waals surface area (Å²) in [5.41, 5.74) is 0.414. The number of aryl methyl sites for hydroxylation is 1. The minimum Gasteiger partial charge on any atom is -0.424 e. The lowest BCUT2D eigenvalue weighted by Gasteiger charge is -2.15. The van der Waals surface area contributed by atoms with Crippen LogP contribution in [-0.4, -0.2) is 21.0 Å². The molecule has 0 unspecified atom stereocenters. The van der Waals surface area contributed by atoms with E-state index in [1.807, 2.05) is 25.1 Å². The molecule has 0 radical (unpaired) electrons. The summed E-state index contributed by atoms with van der Waals surface area (Å²) in [6, 6.07) is 5.80. The standard InChI is InChI=1S/C13H12IN3O2/c1-9-2-3-10(14)11(8-9)19-12(18)13(4-5-13)17-7-6-15-16-17/h2-3,6-8H,4-5H2,1H3. The first-order valence-electron chi connectivity index (χ1n) is 5.97. The summed E-state index contributed by atoms with van der Waals surface area (Å²) in [6.45, 7) is 1.97. The monoisotopic (exact) mass is 369 g/mol. The van der Waals surface area contributed by atoms with Crippen molar-refractivity contribution < 1.29 is 9.53 Å². The highest BCUT2D eigenvalue weighted by atomic mass is 127. The molecule has 0 spiro atoms. The highest BCUT2D eigenvalue weighted by Gasteiger charge is 2.54. The van der Waals surface area contributed by atoms with Gasteiger partial charge in [-0.05, 0) is 60.1 Å². The van der Waals surface area contributed by atoms with Crippen LogP contribution in [0.2, 0.25) is 0 Å². The van der Waals surface area contributed by atoms with Crippen molar-refractivity contribution in [1.29, 1.82) is 0 Å². The third-order valence-corrected chi connectivity index (χ3v) is 4.15. The quantitative estimate of drug-likeness (QED) is 0.473. The molecule has 6 heteroatoms. The van der Waals surface area contributed by atoms with Crippen LogP contribution in [0.4, 0.5) is 0 Å². The number of nitrogens with zero attached hydrogens (tertiary/aromatic N) is 3. The van der Waals surface area contributed by atoms with Gasteiger partial charge in [0.15, 0.2) is 5.54 Å². The molecule has 1 aromatic carbocycles. The van der Waals surface area contributed by atoms with Gasteiger partial charge in [-0.3, -0.25) is 0 Å². The molecule has 0 bridgehead atoms. The molecular formula is C13H12IN3O2. The first-order valence-corrected chi connectivity index (χ1v) is 7.05. The number of aromatic nitrogens is 3. The minimum atomic E-state index is -0.649. The van der Waals surface area contributed by atoms with E-state index in [2.05, 4.69) is 32.9 Å². The molecule has 3 rings (SSSR count). The minimum absolute atomic E-state index is 0.262. The van der Waals surface area contributed by atoms with Crippen LogP contribution in [0, 0.1) is 10.5 Å². The van der Waals surface area contributed by atoms with Crippen LogP contribution < -0.4 is 4.74 Å². The molecule has 1 aromatic heterocycles. The van der Waals surface area contributed by atoms with E-state index in [4.69, 9.17) is 4.74 Å². The van der Waals surface area contributed by atoms with E-state index >= 15 is 0 Å². The first kappa shape index (κ1) is 12.6. The normalized spacial score (nSPS) is 16.1. The van der Waals surface area contributed by atoms with Gasteiger partial charge in [-0.1, -0.05) is 11.3 Å². The molecular weight excluding hydrogens is 357 g/mol. The van der Waals surface area contributed by atoms with Gasteiger partial charge in [-0.15, -0.1) is 5.10 Å². The Morgan fingerprint density at radius 3 is 2.89 bits per heavy atom. The topological polar surface area (TPSA) is 57.0 Å². The summed E-state index contributed by atoms with van der Waals surface area (Å²) in [5.74, 6) is 0.346. The summed E-state index contributed by atoms with van der Waals surface area (Å²) in [5, 5.41) is 7.67. The van der Waals surface area contributed by atoms with Crippen LogP contribution in [0.3, 0.4) is 0 Å². The molecule has 0 N–H and O–H groups in total. The van der Waals surface area contributed by atoms with Gasteiger partial charge in [-0.25, -0.2) is 9.48 Å². The van der Waals surface area contributed by atoms with Gasteiger partial charge >= 0.3 is 5.97 Å². The Bertz CT molecular complexity index is 621. The van der Waals surface area contributed by atoms with Gasteiger partial charge in [0.1, 0.15) is 5.75 Å². The van der Waals surface area contributed by atoms with Gasteiger partial charge in [-0.2, -0.15) is 0 Å². The van der Waals surface area contributed by atoms with Crippen molar-refractivity contribution in [1.82, 2.24) is 15.0 Å². The molecule has 1 aliphatic rings. The molecule has 98 valence electrons. The van der Waals surface area contributed by atoms with Crippen molar-refractivity contribution >= 4 is 28.6 Å². The number of benzene rings is 1. The molecule has 2 aromatic rings. The summed E-state index contributed by atoms with van der Waals surface area (Å²) in [6.07, 6.45) is 4.77. The second-order valence-corrected chi connectivity index (χ2v) is 5.86. The Kier molecular flexibility index (Phi) is 3.04. The van der Waals surface area contributed by atoms with Crippen LogP contribution >= 0.6 is 22.6 Å². The zero-order valence-electron chi connectivity index (χ0n) is 10.3. The Morgan fingerprint density at radius 1 is 1.47 bits per heavy atom. The van der Waals surface area contributed by atoms with Gasteiger partial charge < -0.3 is 4.74 Å². The molecule has 0 atom stereocenters. The van der Waals surface area contributed by atoms with E-state index in [0.29, 0.717) is 5.75 Å². The van der Waals surface area contributed by atoms with Gasteiger partial charge in [0, 0.05) is 6.20 Å². The number of hydrogen-bond acceptors (Lipinski definition) is 4. The molecule has 0 aliphatic heterocycles. The highest BCUT2D eigenvalue weighted by molar-refractivity contribution is 14.1. The largest absolute Gasteiger partial charge is 0.424 e. The predicted molar refractivity (Wildman–Crippen MR) is 76.8 cm³/mol. The number of carbonyl (C=O) groups is 1. The number of hydrogen-bond donors (Lipinski definition) is 0. The predicted octanol–water partition coefficient (Wildman–Crippen LogP) is 2.29. The first-order chi connectivity index (χ1) is 9.12. The highest BCUT2D eigenvalue weighted by Crippen LogP contribution is 2.44. The molecule has 1 aliphatic carbocycles. The average molecular weight is 369 g/mol. The fraction of sp³-hybridized carbons (Fsp3) is 0.308. The smallest absolute Gasteiger partial charge is 0.339 e. The van der Waals surface area contributed by atoms with Crippen molar-refractivity contribution in [3.05, 3.63) is 39.7 Å². The fourth-order valence-electron chi connectivity index (χ4n) is 1.97. The van der Waals surface area contributed by atoms with Crippen molar-refractivity contribution in [2.45, 2.75) is 25.3 Å². The van der Waals surface area contributed by atoms with E-state index in [0.717, 1.165) is 22.0 Å². The maximum atomic E-state index is 12.3. The van der Waals surface area contributed by atoms with Crippen molar-refractivity contribution in [2.24, 2.45) is 0 Å². The SMILES string of the molecule is Cc1ccc(I)c(OC(=O)C2(n3ccnn3)CC2)c1. The third-order valence-electron chi connectivity index (χ3n) is 3.25. The number of halogens is 1. The fourth-order valence-corrected chi connectivity index (χ4v) is 2.41. The van der Waals surface area contributed by atoms with Crippen LogP contribution in [0.5, 0.6) is 5.75 Å². The summed E-state index contributed by atoms with van der Waals surface area (Å²) >= 11 is 2.16. The zero-order chi connectivity index (χ0) is 13.5. The Balaban J connectivity index is 1.84.